The van der Waals surface area contributed by atoms with Crippen LogP contribution in [-0.4, -0.2) is 42.2 Å². The van der Waals surface area contributed by atoms with E-state index in [0.717, 1.165) is 17.8 Å². The van der Waals surface area contributed by atoms with Gasteiger partial charge in [-0.15, -0.1) is 0 Å². The van der Waals surface area contributed by atoms with Crippen LogP contribution in [0.25, 0.3) is 11.2 Å². The second-order valence-corrected chi connectivity index (χ2v) is 5.49. The molecule has 2 rings (SSSR count). The minimum absolute atomic E-state index is 0.209. The Bertz CT molecular complexity index is 526. The number of fused-ring (bicyclic) bond motifs is 1. The molecule has 0 spiro atoms. The number of aromatic amines is 1. The van der Waals surface area contributed by atoms with Crippen molar-refractivity contribution in [3.63, 3.8) is 0 Å². The summed E-state index contributed by atoms with van der Waals surface area (Å²) in [5.74, 6) is 1.42. The lowest BCUT2D eigenvalue weighted by Crippen LogP contribution is -2.18. The fraction of sp³-hybridized carbons (Fsp3) is 0.500. The monoisotopic (exact) mass is 253 g/mol. The molecule has 2 unspecified atom stereocenters. The summed E-state index contributed by atoms with van der Waals surface area (Å²) in [6, 6.07) is 0.209. The largest absolute Gasteiger partial charge is 0.366 e. The molecule has 0 bridgehead atoms. The molecule has 7 heteroatoms. The zero-order valence-corrected chi connectivity index (χ0v) is 10.6. The molecular weight excluding hydrogens is 238 g/mol. The predicted octanol–water partition coefficient (Wildman–Crippen LogP) is 0.922. The molecular formula is C10H15N5OS. The molecule has 17 heavy (non-hydrogen) atoms. The molecule has 0 saturated heterocycles. The van der Waals surface area contributed by atoms with E-state index in [2.05, 4.69) is 25.3 Å². The van der Waals surface area contributed by atoms with Gasteiger partial charge in [0, 0.05) is 28.9 Å². The van der Waals surface area contributed by atoms with E-state index in [9.17, 15) is 4.21 Å². The average Bonchev–Trinajstić information content (AvgIpc) is 2.75. The van der Waals surface area contributed by atoms with E-state index >= 15 is 0 Å². The Morgan fingerprint density at radius 1 is 1.47 bits per heavy atom. The number of anilines is 1. The molecule has 0 fully saturated rings. The Balaban J connectivity index is 2.07. The third kappa shape index (κ3) is 3.00. The quantitative estimate of drug-likeness (QED) is 0.828. The van der Waals surface area contributed by atoms with Gasteiger partial charge in [-0.1, -0.05) is 0 Å². The Morgan fingerprint density at radius 2 is 2.29 bits per heavy atom. The summed E-state index contributed by atoms with van der Waals surface area (Å²) < 4.78 is 11.0. The fourth-order valence-corrected chi connectivity index (χ4v) is 2.21. The first-order valence-electron chi connectivity index (χ1n) is 5.37. The zero-order chi connectivity index (χ0) is 12.3. The Labute approximate surface area is 102 Å². The van der Waals surface area contributed by atoms with E-state index in [1.54, 1.807) is 12.6 Å². The third-order valence-electron chi connectivity index (χ3n) is 2.44. The van der Waals surface area contributed by atoms with Crippen molar-refractivity contribution >= 4 is 27.8 Å². The molecule has 2 aromatic rings. The molecule has 0 aliphatic rings. The smallest absolute Gasteiger partial charge is 0.182 e. The molecule has 0 saturated carbocycles. The molecule has 2 N–H and O–H groups in total. The van der Waals surface area contributed by atoms with Gasteiger partial charge in [-0.2, -0.15) is 0 Å². The number of imidazole rings is 1. The lowest BCUT2D eigenvalue weighted by atomic mass is 10.2. The number of hydrogen-bond acceptors (Lipinski definition) is 5. The van der Waals surface area contributed by atoms with E-state index in [1.165, 1.54) is 6.33 Å². The van der Waals surface area contributed by atoms with Crippen molar-refractivity contribution in [3.8, 4) is 0 Å². The summed E-state index contributed by atoms with van der Waals surface area (Å²) in [6.45, 7) is 2.04. The number of aromatic nitrogens is 4. The minimum Gasteiger partial charge on any atom is -0.366 e. The molecule has 92 valence electrons. The van der Waals surface area contributed by atoms with Crippen molar-refractivity contribution in [2.24, 2.45) is 0 Å². The van der Waals surface area contributed by atoms with Gasteiger partial charge in [0.1, 0.15) is 11.8 Å². The highest BCUT2D eigenvalue weighted by Gasteiger charge is 2.09. The van der Waals surface area contributed by atoms with Gasteiger partial charge in [0.2, 0.25) is 0 Å². The summed E-state index contributed by atoms with van der Waals surface area (Å²) in [6.07, 6.45) is 5.62. The Hall–Kier alpha value is -1.50. The van der Waals surface area contributed by atoms with Crippen LogP contribution in [-0.2, 0) is 10.8 Å². The molecule has 0 aromatic carbocycles. The highest BCUT2D eigenvalue weighted by Crippen LogP contribution is 2.15. The molecule has 2 aromatic heterocycles. The van der Waals surface area contributed by atoms with Crippen LogP contribution in [0.4, 0.5) is 5.82 Å². The van der Waals surface area contributed by atoms with Crippen LogP contribution in [0.5, 0.6) is 0 Å². The molecule has 0 aliphatic carbocycles. The number of hydrogen-bond donors (Lipinski definition) is 2. The maximum absolute atomic E-state index is 11.0. The normalized spacial score (nSPS) is 14.7. The standard InChI is InChI=1S/C10H15N5OS/c1-7(3-4-17(2)16)15-10-8-9(12-5-11-8)13-6-14-10/h5-7H,3-4H2,1-2H3,(H2,11,12,13,14,15). The highest BCUT2D eigenvalue weighted by molar-refractivity contribution is 7.84. The topological polar surface area (TPSA) is 83.6 Å². The van der Waals surface area contributed by atoms with Gasteiger partial charge in [0.25, 0.3) is 0 Å². The van der Waals surface area contributed by atoms with E-state index in [-0.39, 0.29) is 6.04 Å². The Kier molecular flexibility index (Phi) is 3.68. The zero-order valence-electron chi connectivity index (χ0n) is 9.80. The summed E-state index contributed by atoms with van der Waals surface area (Å²) in [5, 5.41) is 3.27. The van der Waals surface area contributed by atoms with Crippen LogP contribution in [0.3, 0.4) is 0 Å². The first kappa shape index (κ1) is 12.0. The molecule has 0 radical (unpaired) electrons. The van der Waals surface area contributed by atoms with Gasteiger partial charge in [-0.3, -0.25) is 4.21 Å². The lowest BCUT2D eigenvalue weighted by molar-refractivity contribution is 0.678. The van der Waals surface area contributed by atoms with Gasteiger partial charge in [0.15, 0.2) is 11.5 Å². The lowest BCUT2D eigenvalue weighted by Gasteiger charge is -2.13. The van der Waals surface area contributed by atoms with E-state index in [1.807, 2.05) is 6.92 Å². The minimum atomic E-state index is -0.756. The van der Waals surface area contributed by atoms with Gasteiger partial charge in [0.05, 0.1) is 6.33 Å². The highest BCUT2D eigenvalue weighted by atomic mass is 32.2. The second kappa shape index (κ2) is 5.22. The number of rotatable bonds is 5. The summed E-state index contributed by atoms with van der Waals surface area (Å²) in [7, 11) is -0.756. The molecule has 0 amide bonds. The number of nitrogens with zero attached hydrogens (tertiary/aromatic N) is 3. The van der Waals surface area contributed by atoms with Crippen LogP contribution < -0.4 is 5.32 Å². The summed E-state index contributed by atoms with van der Waals surface area (Å²) in [4.78, 5) is 15.3. The van der Waals surface area contributed by atoms with Crippen molar-refractivity contribution in [2.75, 3.05) is 17.3 Å². The third-order valence-corrected chi connectivity index (χ3v) is 3.26. The van der Waals surface area contributed by atoms with Crippen molar-refractivity contribution in [1.82, 2.24) is 19.9 Å². The molecule has 2 heterocycles. The number of H-pyrrole nitrogens is 1. The predicted molar refractivity (Wildman–Crippen MR) is 68.3 cm³/mol. The SMILES string of the molecule is CC(CCS(C)=O)Nc1ncnc2nc[nH]c12. The summed E-state index contributed by atoms with van der Waals surface area (Å²) in [5.41, 5.74) is 1.45. The maximum Gasteiger partial charge on any atom is 0.182 e. The van der Waals surface area contributed by atoms with Crippen molar-refractivity contribution in [2.45, 2.75) is 19.4 Å². The van der Waals surface area contributed by atoms with Gasteiger partial charge in [-0.05, 0) is 13.3 Å². The van der Waals surface area contributed by atoms with Crippen LogP contribution in [0.15, 0.2) is 12.7 Å². The molecule has 6 nitrogen and oxygen atoms in total. The van der Waals surface area contributed by atoms with E-state index < -0.39 is 10.8 Å². The average molecular weight is 253 g/mol. The first-order chi connectivity index (χ1) is 8.16. The number of nitrogens with one attached hydrogen (secondary N) is 2. The molecule has 2 atom stereocenters. The van der Waals surface area contributed by atoms with Crippen LogP contribution in [0.1, 0.15) is 13.3 Å². The second-order valence-electron chi connectivity index (χ2n) is 3.93. The van der Waals surface area contributed by atoms with Crippen LogP contribution >= 0.6 is 0 Å². The van der Waals surface area contributed by atoms with Crippen molar-refractivity contribution < 1.29 is 4.21 Å². The Morgan fingerprint density at radius 3 is 3.06 bits per heavy atom. The van der Waals surface area contributed by atoms with Crippen molar-refractivity contribution in [3.05, 3.63) is 12.7 Å². The molecule has 0 aliphatic heterocycles. The fourth-order valence-electron chi connectivity index (χ4n) is 1.52. The first-order valence-corrected chi connectivity index (χ1v) is 7.10. The van der Waals surface area contributed by atoms with E-state index in [4.69, 9.17) is 0 Å². The summed E-state index contributed by atoms with van der Waals surface area (Å²) >= 11 is 0. The van der Waals surface area contributed by atoms with Crippen molar-refractivity contribution in [1.29, 1.82) is 0 Å². The van der Waals surface area contributed by atoms with Crippen LogP contribution in [0.2, 0.25) is 0 Å². The van der Waals surface area contributed by atoms with Gasteiger partial charge >= 0.3 is 0 Å². The van der Waals surface area contributed by atoms with Gasteiger partial charge < -0.3 is 10.3 Å². The van der Waals surface area contributed by atoms with Gasteiger partial charge in [-0.25, -0.2) is 15.0 Å². The van der Waals surface area contributed by atoms with Crippen LogP contribution in [0, 0.1) is 0 Å². The maximum atomic E-state index is 11.0. The van der Waals surface area contributed by atoms with E-state index in [0.29, 0.717) is 11.4 Å².